The summed E-state index contributed by atoms with van der Waals surface area (Å²) < 4.78 is 66.0. The second kappa shape index (κ2) is 21.6. The van der Waals surface area contributed by atoms with Gasteiger partial charge in [-0.15, -0.1) is 0 Å². The Labute approximate surface area is 437 Å². The lowest BCUT2D eigenvalue weighted by Gasteiger charge is -2.29. The summed E-state index contributed by atoms with van der Waals surface area (Å²) in [6.45, 7) is 26.0. The van der Waals surface area contributed by atoms with Gasteiger partial charge in [0, 0.05) is 54.2 Å². The van der Waals surface area contributed by atoms with Crippen molar-refractivity contribution in [3.63, 3.8) is 0 Å². The minimum Gasteiger partial charge on any atom is -0.497 e. The molecule has 1 aromatic heterocycles. The largest absolute Gasteiger partial charge is 0.497 e. The first-order valence-electron chi connectivity index (χ1n) is 23.8. The van der Waals surface area contributed by atoms with Crippen LogP contribution in [0.1, 0.15) is 105 Å². The Morgan fingerprint density at radius 2 is 0.792 bits per heavy atom. The van der Waals surface area contributed by atoms with Crippen LogP contribution in [0.5, 0.6) is 46.0 Å². The summed E-state index contributed by atoms with van der Waals surface area (Å²) in [5, 5.41) is 2.81. The van der Waals surface area contributed by atoms with Crippen LogP contribution < -0.4 is 37.3 Å². The van der Waals surface area contributed by atoms with E-state index in [1.165, 1.54) is 0 Å². The van der Waals surface area contributed by atoms with E-state index >= 15 is 0 Å². The molecule has 0 atom stereocenters. The minimum atomic E-state index is -2.25. The number of benzene rings is 6. The molecule has 0 aliphatic heterocycles. The maximum Gasteiger partial charge on any atom is 0.453 e. The van der Waals surface area contributed by atoms with Crippen LogP contribution >= 0.6 is 39.8 Å². The Morgan fingerprint density at radius 1 is 0.444 bits per heavy atom. The van der Waals surface area contributed by atoms with Crippen molar-refractivity contribution in [2.24, 2.45) is 0 Å². The van der Waals surface area contributed by atoms with E-state index in [1.54, 1.807) is 52.7 Å². The molecule has 0 bridgehead atoms. The summed E-state index contributed by atoms with van der Waals surface area (Å²) in [7, 11) is 2.85. The molecule has 0 amide bonds. The van der Waals surface area contributed by atoms with Gasteiger partial charge >= 0.3 is 8.24 Å². The van der Waals surface area contributed by atoms with E-state index in [-0.39, 0.29) is 17.4 Å². The van der Waals surface area contributed by atoms with Crippen molar-refractivity contribution in [2.45, 2.75) is 105 Å². The molecule has 14 heteroatoms. The Morgan fingerprint density at radius 3 is 1.17 bits per heavy atom. The second-order valence-electron chi connectivity index (χ2n) is 21.7. The Hall–Kier alpha value is -5.37. The average Bonchev–Trinajstić information content (AvgIpc) is 3.46. The third-order valence-corrected chi connectivity index (χ3v) is 14.9. The van der Waals surface area contributed by atoms with Crippen molar-refractivity contribution in [1.29, 1.82) is 0 Å². The first kappa shape index (κ1) is 54.4. The smallest absolute Gasteiger partial charge is 0.453 e. The van der Waals surface area contributed by atoms with Crippen molar-refractivity contribution >= 4 is 61.8 Å². The zero-order valence-electron chi connectivity index (χ0n) is 44.4. The van der Waals surface area contributed by atoms with E-state index in [0.29, 0.717) is 84.5 Å². The number of ether oxygens (including phenoxy) is 5. The van der Waals surface area contributed by atoms with Gasteiger partial charge in [-0.1, -0.05) is 106 Å². The van der Waals surface area contributed by atoms with E-state index < -0.39 is 27.4 Å². The summed E-state index contributed by atoms with van der Waals surface area (Å²) in [6.07, 6.45) is 0.387. The van der Waals surface area contributed by atoms with Crippen LogP contribution in [0.2, 0.25) is 10.0 Å². The Bertz CT molecular complexity index is 2950. The monoisotopic (exact) mass is 1060 g/mol. The SMILES string of the molecule is COc1cc(-c2cc(OC)cc(C(C)(C)C)c2Op2oc3c(C(C)(C)C)cc(OC)cc3c3cc(OC)cc(C(C)(C)C)c3o2)c(OCCP(Oc2ccc(Cl)cc2)Oc2ccc(Cl)cc2)c(C(C)(C)C)c1. The number of methoxy groups -OCH3 is 4. The first-order valence-corrected chi connectivity index (χ1v) is 27.0. The second-order valence-corrected chi connectivity index (χ2v) is 25.0. The van der Waals surface area contributed by atoms with Crippen LogP contribution in [-0.2, 0) is 21.7 Å². The predicted molar refractivity (Wildman–Crippen MR) is 297 cm³/mol. The molecule has 0 N–H and O–H groups in total. The van der Waals surface area contributed by atoms with Crippen LogP contribution in [0.3, 0.4) is 0 Å². The van der Waals surface area contributed by atoms with Crippen molar-refractivity contribution in [1.82, 2.24) is 0 Å². The molecule has 384 valence electrons. The lowest BCUT2D eigenvalue weighted by molar-refractivity contribution is 0.325. The maximum absolute atomic E-state index is 7.44. The van der Waals surface area contributed by atoms with E-state index in [2.05, 4.69) is 83.1 Å². The van der Waals surface area contributed by atoms with Gasteiger partial charge in [-0.2, -0.15) is 0 Å². The zero-order chi connectivity index (χ0) is 52.5. The fourth-order valence-electron chi connectivity index (χ4n) is 8.20. The molecule has 0 unspecified atom stereocenters. The molecular weight excluding hydrogens is 989 g/mol. The summed E-state index contributed by atoms with van der Waals surface area (Å²) in [5.74, 6) is 5.03. The minimum absolute atomic E-state index is 0.214. The molecule has 0 spiro atoms. The van der Waals surface area contributed by atoms with Crippen LogP contribution in [-0.4, -0.2) is 41.2 Å². The van der Waals surface area contributed by atoms with Gasteiger partial charge in [0.1, 0.15) is 57.2 Å². The van der Waals surface area contributed by atoms with Gasteiger partial charge in [0.05, 0.1) is 41.2 Å². The quantitative estimate of drug-likeness (QED) is 0.0923. The van der Waals surface area contributed by atoms with Crippen LogP contribution in [0.15, 0.2) is 105 Å². The predicted octanol–water partition coefficient (Wildman–Crippen LogP) is 18.2. The zero-order valence-corrected chi connectivity index (χ0v) is 47.7. The number of fused-ring (bicyclic) bond motifs is 3. The third-order valence-electron chi connectivity index (χ3n) is 12.1. The highest BCUT2D eigenvalue weighted by molar-refractivity contribution is 7.48. The molecule has 1 heterocycles. The molecule has 0 aliphatic rings. The lowest BCUT2D eigenvalue weighted by Crippen LogP contribution is -2.17. The topological polar surface area (TPSA) is 100 Å². The summed E-state index contributed by atoms with van der Waals surface area (Å²) in [5.41, 5.74) is 4.62. The molecule has 0 saturated carbocycles. The molecule has 0 saturated heterocycles. The molecular formula is C58H68Cl2O10P2. The third kappa shape index (κ3) is 12.5. The van der Waals surface area contributed by atoms with E-state index in [0.717, 1.165) is 33.0 Å². The highest BCUT2D eigenvalue weighted by Gasteiger charge is 2.32. The van der Waals surface area contributed by atoms with E-state index in [9.17, 15) is 0 Å². The molecule has 72 heavy (non-hydrogen) atoms. The van der Waals surface area contributed by atoms with Gasteiger partial charge in [0.25, 0.3) is 8.38 Å². The molecule has 6 aromatic carbocycles. The summed E-state index contributed by atoms with van der Waals surface area (Å²) >= 11 is 12.5. The molecule has 0 aliphatic carbocycles. The van der Waals surface area contributed by atoms with Crippen molar-refractivity contribution < 1.29 is 45.6 Å². The highest BCUT2D eigenvalue weighted by atomic mass is 35.5. The number of rotatable bonds is 15. The van der Waals surface area contributed by atoms with E-state index in [1.807, 2.05) is 72.8 Å². The van der Waals surface area contributed by atoms with Gasteiger partial charge in [-0.25, -0.2) is 0 Å². The number of halogens is 2. The summed E-state index contributed by atoms with van der Waals surface area (Å²) in [4.78, 5) is 0. The van der Waals surface area contributed by atoms with Gasteiger partial charge < -0.3 is 45.6 Å². The van der Waals surface area contributed by atoms with Crippen molar-refractivity contribution in [2.75, 3.05) is 41.2 Å². The molecule has 7 rings (SSSR count). The lowest BCUT2D eigenvalue weighted by atomic mass is 9.81. The standard InChI is InChI=1S/C58H68Cl2O10P2/c1-55(2,3)47-31-39(61-13)27-43(51(47)65-25-26-71(66-37-21-17-35(59)18-22-37)67-38-23-19-36(60)20-24-38)44-28-40(62-14)32-48(56(4,5)6)52(44)68-72-69-53-45(29-41(63-15)33-49(53)57(7,8)9)46-30-42(64-16)34-50(54(46)70-72)58(10,11)12/h17-24,27-34H,25-26H2,1-16H3. The van der Waals surface area contributed by atoms with Crippen molar-refractivity contribution in [3.8, 4) is 57.1 Å². The fourth-order valence-corrected chi connectivity index (χ4v) is 10.8. The molecule has 0 radical (unpaired) electrons. The van der Waals surface area contributed by atoms with Crippen LogP contribution in [0, 0.1) is 0 Å². The van der Waals surface area contributed by atoms with Gasteiger partial charge in [0.15, 0.2) is 0 Å². The van der Waals surface area contributed by atoms with Crippen LogP contribution in [0.25, 0.3) is 33.1 Å². The van der Waals surface area contributed by atoms with E-state index in [4.69, 9.17) is 68.9 Å². The molecule has 0 fully saturated rings. The molecule has 7 aromatic rings. The summed E-state index contributed by atoms with van der Waals surface area (Å²) in [6, 6.07) is 30.5. The highest BCUT2D eigenvalue weighted by Crippen LogP contribution is 2.53. The Kier molecular flexibility index (Phi) is 16.3. The maximum atomic E-state index is 7.44. The normalized spacial score (nSPS) is 12.3. The fraction of sp³-hybridized carbons (Fsp3) is 0.379. The number of hydrogen-bond acceptors (Lipinski definition) is 10. The van der Waals surface area contributed by atoms with Crippen LogP contribution in [0.4, 0.5) is 0 Å². The first-order chi connectivity index (χ1) is 33.8. The van der Waals surface area contributed by atoms with Crippen molar-refractivity contribution in [3.05, 3.63) is 129 Å². The number of hydrogen-bond donors (Lipinski definition) is 0. The van der Waals surface area contributed by atoms with Gasteiger partial charge in [-0.3, -0.25) is 0 Å². The van der Waals surface area contributed by atoms with Gasteiger partial charge in [0.2, 0.25) is 0 Å². The average molecular weight is 1060 g/mol. The Balaban J connectivity index is 1.49. The molecule has 10 nitrogen and oxygen atoms in total. The van der Waals surface area contributed by atoms with Gasteiger partial charge in [-0.05, 0) is 119 Å².